The van der Waals surface area contributed by atoms with Crippen LogP contribution in [0.15, 0.2) is 36.7 Å². The lowest BCUT2D eigenvalue weighted by molar-refractivity contribution is -0.123. The Morgan fingerprint density at radius 3 is 2.80 bits per heavy atom. The molecule has 6 heteroatoms. The van der Waals surface area contributed by atoms with Crippen molar-refractivity contribution in [3.63, 3.8) is 0 Å². The molecule has 0 radical (unpaired) electrons. The molecule has 0 saturated carbocycles. The molecule has 1 heterocycles. The Morgan fingerprint density at radius 1 is 1.30 bits per heavy atom. The molecule has 0 spiro atoms. The summed E-state index contributed by atoms with van der Waals surface area (Å²) in [5, 5.41) is 2.70. The standard InChI is InChI=1S/C14H16N4O2/c1-10-6-17-11(7-16-10)8-18-14(19)9-20-13-5-3-2-4-12(13)15/h2-7H,8-9,15H2,1H3,(H,18,19). The number of amides is 1. The molecule has 0 atom stereocenters. The van der Waals surface area contributed by atoms with Crippen LogP contribution in [0.5, 0.6) is 5.75 Å². The normalized spacial score (nSPS) is 10.1. The summed E-state index contributed by atoms with van der Waals surface area (Å²) >= 11 is 0. The van der Waals surface area contributed by atoms with Crippen LogP contribution in [0.1, 0.15) is 11.4 Å². The molecule has 2 rings (SSSR count). The first kappa shape index (κ1) is 13.8. The molecule has 1 aromatic carbocycles. The highest BCUT2D eigenvalue weighted by atomic mass is 16.5. The molecule has 0 unspecified atom stereocenters. The second kappa shape index (κ2) is 6.51. The summed E-state index contributed by atoms with van der Waals surface area (Å²) in [6, 6.07) is 7.03. The number of nitrogen functional groups attached to an aromatic ring is 1. The van der Waals surface area contributed by atoms with Crippen LogP contribution in [0, 0.1) is 6.92 Å². The van der Waals surface area contributed by atoms with Crippen molar-refractivity contribution in [3.05, 3.63) is 48.0 Å². The summed E-state index contributed by atoms with van der Waals surface area (Å²) in [4.78, 5) is 19.9. The Labute approximate surface area is 117 Å². The number of carbonyl (C=O) groups is 1. The minimum absolute atomic E-state index is 0.0898. The lowest BCUT2D eigenvalue weighted by atomic mass is 10.3. The number of nitrogens with one attached hydrogen (secondary N) is 1. The number of nitrogens with zero attached hydrogens (tertiary/aromatic N) is 2. The fourth-order valence-electron chi connectivity index (χ4n) is 1.51. The molecule has 0 bridgehead atoms. The van der Waals surface area contributed by atoms with Crippen molar-refractivity contribution in [2.45, 2.75) is 13.5 Å². The van der Waals surface area contributed by atoms with E-state index >= 15 is 0 Å². The molecule has 0 aliphatic rings. The van der Waals surface area contributed by atoms with Crippen LogP contribution in [-0.2, 0) is 11.3 Å². The minimum Gasteiger partial charge on any atom is -0.482 e. The number of para-hydroxylation sites is 2. The zero-order valence-electron chi connectivity index (χ0n) is 11.2. The van der Waals surface area contributed by atoms with E-state index in [4.69, 9.17) is 10.5 Å². The number of ether oxygens (including phenoxy) is 1. The molecule has 2 aromatic rings. The van der Waals surface area contributed by atoms with E-state index in [1.54, 1.807) is 36.7 Å². The molecule has 6 nitrogen and oxygen atoms in total. The molecule has 3 N–H and O–H groups in total. The van der Waals surface area contributed by atoms with Gasteiger partial charge < -0.3 is 15.8 Å². The van der Waals surface area contributed by atoms with Gasteiger partial charge in [-0.3, -0.25) is 14.8 Å². The Morgan fingerprint density at radius 2 is 2.10 bits per heavy atom. The number of aromatic nitrogens is 2. The topological polar surface area (TPSA) is 90.1 Å². The smallest absolute Gasteiger partial charge is 0.258 e. The van der Waals surface area contributed by atoms with Gasteiger partial charge in [-0.2, -0.15) is 0 Å². The zero-order valence-corrected chi connectivity index (χ0v) is 11.2. The van der Waals surface area contributed by atoms with Crippen LogP contribution in [-0.4, -0.2) is 22.5 Å². The Kier molecular flexibility index (Phi) is 4.49. The van der Waals surface area contributed by atoms with Crippen LogP contribution in [0.2, 0.25) is 0 Å². The Balaban J connectivity index is 1.78. The lowest BCUT2D eigenvalue weighted by Gasteiger charge is -2.08. The van der Waals surface area contributed by atoms with Gasteiger partial charge in [0.05, 0.1) is 29.8 Å². The molecular formula is C14H16N4O2. The van der Waals surface area contributed by atoms with Crippen molar-refractivity contribution in [1.29, 1.82) is 0 Å². The van der Waals surface area contributed by atoms with Crippen molar-refractivity contribution >= 4 is 11.6 Å². The zero-order chi connectivity index (χ0) is 14.4. The quantitative estimate of drug-likeness (QED) is 0.794. The Hall–Kier alpha value is -2.63. The van der Waals surface area contributed by atoms with Gasteiger partial charge in [-0.25, -0.2) is 0 Å². The summed E-state index contributed by atoms with van der Waals surface area (Å²) in [6.45, 7) is 2.08. The first-order valence-corrected chi connectivity index (χ1v) is 6.16. The summed E-state index contributed by atoms with van der Waals surface area (Å²) in [5.74, 6) is 0.258. The molecule has 1 aromatic heterocycles. The number of anilines is 1. The van der Waals surface area contributed by atoms with Gasteiger partial charge in [-0.05, 0) is 19.1 Å². The predicted octanol–water partition coefficient (Wildman–Crippen LogP) is 1.06. The summed E-state index contributed by atoms with van der Waals surface area (Å²) in [7, 11) is 0. The van der Waals surface area contributed by atoms with Crippen molar-refractivity contribution < 1.29 is 9.53 Å². The van der Waals surface area contributed by atoms with Gasteiger partial charge in [0, 0.05) is 6.20 Å². The van der Waals surface area contributed by atoms with E-state index in [9.17, 15) is 4.79 Å². The highest BCUT2D eigenvalue weighted by molar-refractivity contribution is 5.77. The maximum atomic E-state index is 11.6. The summed E-state index contributed by atoms with van der Waals surface area (Å²) in [5.41, 5.74) is 7.75. The van der Waals surface area contributed by atoms with E-state index in [0.29, 0.717) is 23.7 Å². The fraction of sp³-hybridized carbons (Fsp3) is 0.214. The number of aryl methyl sites for hydroxylation is 1. The molecule has 1 amide bonds. The SMILES string of the molecule is Cc1cnc(CNC(=O)COc2ccccc2N)cn1. The fourth-order valence-corrected chi connectivity index (χ4v) is 1.51. The molecule has 20 heavy (non-hydrogen) atoms. The van der Waals surface area contributed by atoms with Crippen molar-refractivity contribution in [1.82, 2.24) is 15.3 Å². The van der Waals surface area contributed by atoms with Gasteiger partial charge >= 0.3 is 0 Å². The van der Waals surface area contributed by atoms with Crippen molar-refractivity contribution in [3.8, 4) is 5.75 Å². The first-order chi connectivity index (χ1) is 9.65. The highest BCUT2D eigenvalue weighted by Crippen LogP contribution is 2.19. The van der Waals surface area contributed by atoms with Crippen LogP contribution < -0.4 is 15.8 Å². The number of hydrogen-bond donors (Lipinski definition) is 2. The van der Waals surface area contributed by atoms with Gasteiger partial charge in [0.15, 0.2) is 6.61 Å². The molecule has 104 valence electrons. The van der Waals surface area contributed by atoms with E-state index in [1.165, 1.54) is 0 Å². The minimum atomic E-state index is -0.240. The molecular weight excluding hydrogens is 256 g/mol. The number of rotatable bonds is 5. The maximum Gasteiger partial charge on any atom is 0.258 e. The number of benzene rings is 1. The van der Waals surface area contributed by atoms with Gasteiger partial charge in [0.1, 0.15) is 5.75 Å². The monoisotopic (exact) mass is 272 g/mol. The highest BCUT2D eigenvalue weighted by Gasteiger charge is 2.05. The van der Waals surface area contributed by atoms with Gasteiger partial charge in [-0.1, -0.05) is 12.1 Å². The van der Waals surface area contributed by atoms with Crippen molar-refractivity contribution in [2.24, 2.45) is 0 Å². The average Bonchev–Trinajstić information content (AvgIpc) is 2.46. The second-order valence-corrected chi connectivity index (χ2v) is 4.25. The first-order valence-electron chi connectivity index (χ1n) is 6.16. The third-order valence-corrected chi connectivity index (χ3v) is 2.58. The lowest BCUT2D eigenvalue weighted by Crippen LogP contribution is -2.28. The number of nitrogens with two attached hydrogens (primary N) is 1. The van der Waals surface area contributed by atoms with E-state index in [0.717, 1.165) is 5.69 Å². The average molecular weight is 272 g/mol. The molecule has 0 saturated heterocycles. The number of hydrogen-bond acceptors (Lipinski definition) is 5. The largest absolute Gasteiger partial charge is 0.482 e. The number of carbonyl (C=O) groups excluding carboxylic acids is 1. The van der Waals surface area contributed by atoms with E-state index in [-0.39, 0.29) is 12.5 Å². The predicted molar refractivity (Wildman–Crippen MR) is 75.0 cm³/mol. The van der Waals surface area contributed by atoms with E-state index < -0.39 is 0 Å². The summed E-state index contributed by atoms with van der Waals surface area (Å²) in [6.07, 6.45) is 3.29. The molecule has 0 aliphatic carbocycles. The molecule has 0 aliphatic heterocycles. The second-order valence-electron chi connectivity index (χ2n) is 4.25. The van der Waals surface area contributed by atoms with Gasteiger partial charge in [0.2, 0.25) is 0 Å². The van der Waals surface area contributed by atoms with E-state index in [2.05, 4.69) is 15.3 Å². The summed E-state index contributed by atoms with van der Waals surface area (Å²) < 4.78 is 5.33. The van der Waals surface area contributed by atoms with E-state index in [1.807, 2.05) is 6.92 Å². The van der Waals surface area contributed by atoms with Gasteiger partial charge in [-0.15, -0.1) is 0 Å². The van der Waals surface area contributed by atoms with Crippen LogP contribution in [0.3, 0.4) is 0 Å². The van der Waals surface area contributed by atoms with Crippen LogP contribution in [0.25, 0.3) is 0 Å². The third-order valence-electron chi connectivity index (χ3n) is 2.58. The third kappa shape index (κ3) is 3.94. The Bertz CT molecular complexity index is 584. The van der Waals surface area contributed by atoms with Crippen LogP contribution in [0.4, 0.5) is 5.69 Å². The van der Waals surface area contributed by atoms with Gasteiger partial charge in [0.25, 0.3) is 5.91 Å². The van der Waals surface area contributed by atoms with Crippen LogP contribution >= 0.6 is 0 Å². The maximum absolute atomic E-state index is 11.6. The molecule has 0 fully saturated rings. The van der Waals surface area contributed by atoms with Crippen molar-refractivity contribution in [2.75, 3.05) is 12.3 Å².